The van der Waals surface area contributed by atoms with E-state index in [1.54, 1.807) is 0 Å². The Labute approximate surface area is 98.2 Å². The van der Waals surface area contributed by atoms with Gasteiger partial charge >= 0.3 is 0 Å². The minimum atomic E-state index is 0.900. The fraction of sp³-hybridized carbons (Fsp3) is 0.571. The quantitative estimate of drug-likeness (QED) is 0.569. The van der Waals surface area contributed by atoms with Crippen LogP contribution in [0.25, 0.3) is 0 Å². The molecule has 1 aliphatic rings. The lowest BCUT2D eigenvalue weighted by Crippen LogP contribution is -2.15. The molecule has 0 atom stereocenters. The normalized spacial score (nSPS) is 15.3. The minimum Gasteiger partial charge on any atom is -0.399 e. The molecule has 2 heteroatoms. The molecule has 0 radical (unpaired) electrons. The molecule has 1 aromatic rings. The molecule has 0 heterocycles. The first-order chi connectivity index (χ1) is 7.77. The van der Waals surface area contributed by atoms with Gasteiger partial charge in [-0.15, -0.1) is 0 Å². The van der Waals surface area contributed by atoms with E-state index in [9.17, 15) is 0 Å². The Balaban J connectivity index is 1.69. The van der Waals surface area contributed by atoms with Crippen LogP contribution < -0.4 is 11.1 Å². The smallest absolute Gasteiger partial charge is 0.0346 e. The molecule has 1 saturated carbocycles. The maximum Gasteiger partial charge on any atom is 0.0346 e. The molecule has 0 unspecified atom stereocenters. The van der Waals surface area contributed by atoms with E-state index < -0.39 is 0 Å². The highest BCUT2D eigenvalue weighted by molar-refractivity contribution is 5.49. The van der Waals surface area contributed by atoms with Crippen molar-refractivity contribution < 1.29 is 0 Å². The lowest BCUT2D eigenvalue weighted by atomic mass is 10.1. The summed E-state index contributed by atoms with van der Waals surface area (Å²) in [5.41, 5.74) is 9.32. The molecule has 0 spiro atoms. The van der Waals surface area contributed by atoms with E-state index in [2.05, 4.69) is 18.3 Å². The number of benzene rings is 1. The van der Waals surface area contributed by atoms with Crippen molar-refractivity contribution in [2.45, 2.75) is 39.2 Å². The van der Waals surface area contributed by atoms with Gasteiger partial charge in [0.05, 0.1) is 0 Å². The van der Waals surface area contributed by atoms with Crippen LogP contribution in [0.3, 0.4) is 0 Å². The van der Waals surface area contributed by atoms with Crippen LogP contribution in [0.5, 0.6) is 0 Å². The van der Waals surface area contributed by atoms with Crippen molar-refractivity contribution in [3.05, 3.63) is 29.3 Å². The zero-order valence-electron chi connectivity index (χ0n) is 10.1. The second-order valence-corrected chi connectivity index (χ2v) is 4.89. The largest absolute Gasteiger partial charge is 0.399 e. The van der Waals surface area contributed by atoms with Crippen molar-refractivity contribution in [1.29, 1.82) is 0 Å². The van der Waals surface area contributed by atoms with Gasteiger partial charge in [-0.1, -0.05) is 25.0 Å². The molecule has 3 N–H and O–H groups in total. The zero-order chi connectivity index (χ0) is 11.4. The van der Waals surface area contributed by atoms with Crippen LogP contribution in [-0.2, 0) is 6.54 Å². The predicted octanol–water partition coefficient (Wildman–Crippen LogP) is 2.86. The number of nitrogens with one attached hydrogen (secondary N) is 1. The Hall–Kier alpha value is -1.02. The van der Waals surface area contributed by atoms with Crippen LogP contribution in [-0.4, -0.2) is 6.54 Å². The Morgan fingerprint density at radius 1 is 1.38 bits per heavy atom. The molecule has 2 nitrogen and oxygen atoms in total. The topological polar surface area (TPSA) is 38.0 Å². The van der Waals surface area contributed by atoms with Gasteiger partial charge < -0.3 is 11.1 Å². The van der Waals surface area contributed by atoms with Crippen molar-refractivity contribution in [3.8, 4) is 0 Å². The van der Waals surface area contributed by atoms with Gasteiger partial charge in [-0.2, -0.15) is 0 Å². The highest BCUT2D eigenvalue weighted by Gasteiger charge is 2.19. The summed E-state index contributed by atoms with van der Waals surface area (Å²) in [5.74, 6) is 1.05. The third kappa shape index (κ3) is 3.24. The molecule has 1 fully saturated rings. The number of nitrogen functional groups attached to an aromatic ring is 1. The van der Waals surface area contributed by atoms with Gasteiger partial charge in [0.1, 0.15) is 0 Å². The van der Waals surface area contributed by atoms with Crippen LogP contribution in [0, 0.1) is 12.8 Å². The molecule has 1 aromatic carbocycles. The van der Waals surface area contributed by atoms with Gasteiger partial charge in [-0.05, 0) is 49.4 Å². The van der Waals surface area contributed by atoms with Gasteiger partial charge in [0, 0.05) is 12.2 Å². The van der Waals surface area contributed by atoms with Gasteiger partial charge in [0.15, 0.2) is 0 Å². The summed E-state index contributed by atoms with van der Waals surface area (Å²) in [5, 5.41) is 3.50. The molecule has 0 amide bonds. The molecule has 1 aliphatic carbocycles. The maximum atomic E-state index is 5.87. The van der Waals surface area contributed by atoms with Crippen molar-refractivity contribution >= 4 is 5.69 Å². The third-order valence-corrected chi connectivity index (χ3v) is 3.47. The summed E-state index contributed by atoms with van der Waals surface area (Å²) < 4.78 is 0. The number of anilines is 1. The fourth-order valence-electron chi connectivity index (χ4n) is 2.04. The van der Waals surface area contributed by atoms with Crippen LogP contribution in [0.2, 0.25) is 0 Å². The average molecular weight is 218 g/mol. The van der Waals surface area contributed by atoms with Gasteiger partial charge in [0.25, 0.3) is 0 Å². The summed E-state index contributed by atoms with van der Waals surface area (Å²) in [6.45, 7) is 4.17. The second kappa shape index (κ2) is 5.35. The first kappa shape index (κ1) is 11.5. The van der Waals surface area contributed by atoms with Crippen LogP contribution in [0.4, 0.5) is 5.69 Å². The van der Waals surface area contributed by atoms with Crippen molar-refractivity contribution in [3.63, 3.8) is 0 Å². The third-order valence-electron chi connectivity index (χ3n) is 3.47. The van der Waals surface area contributed by atoms with E-state index in [1.807, 2.05) is 12.1 Å². The average Bonchev–Trinajstić information content (AvgIpc) is 3.07. The Morgan fingerprint density at radius 3 is 2.94 bits per heavy atom. The Morgan fingerprint density at radius 2 is 2.19 bits per heavy atom. The van der Waals surface area contributed by atoms with Gasteiger partial charge in [-0.25, -0.2) is 0 Å². The highest BCUT2D eigenvalue weighted by Crippen LogP contribution is 2.33. The highest BCUT2D eigenvalue weighted by atomic mass is 14.8. The molecule has 0 saturated heterocycles. The summed E-state index contributed by atoms with van der Waals surface area (Å²) in [6, 6.07) is 6.15. The zero-order valence-corrected chi connectivity index (χ0v) is 10.1. The number of hydrogen-bond acceptors (Lipinski definition) is 2. The fourth-order valence-corrected chi connectivity index (χ4v) is 2.04. The first-order valence-electron chi connectivity index (χ1n) is 6.32. The van der Waals surface area contributed by atoms with E-state index in [0.717, 1.165) is 24.7 Å². The predicted molar refractivity (Wildman–Crippen MR) is 69.3 cm³/mol. The Kier molecular flexibility index (Phi) is 3.83. The number of hydrogen-bond donors (Lipinski definition) is 2. The van der Waals surface area contributed by atoms with Crippen molar-refractivity contribution in [1.82, 2.24) is 5.32 Å². The number of rotatable bonds is 6. The summed E-state index contributed by atoms with van der Waals surface area (Å²) in [4.78, 5) is 0. The summed E-state index contributed by atoms with van der Waals surface area (Å²) >= 11 is 0. The molecular formula is C14H22N2. The van der Waals surface area contributed by atoms with E-state index >= 15 is 0 Å². The molecule has 16 heavy (non-hydrogen) atoms. The summed E-state index contributed by atoms with van der Waals surface area (Å²) in [7, 11) is 0. The molecule has 0 bridgehead atoms. The lowest BCUT2D eigenvalue weighted by molar-refractivity contribution is 0.593. The van der Waals surface area contributed by atoms with Crippen molar-refractivity contribution in [2.75, 3.05) is 12.3 Å². The first-order valence-corrected chi connectivity index (χ1v) is 6.32. The lowest BCUT2D eigenvalue weighted by Gasteiger charge is -2.09. The minimum absolute atomic E-state index is 0.900. The monoisotopic (exact) mass is 218 g/mol. The van der Waals surface area contributed by atoms with Crippen molar-refractivity contribution in [2.24, 2.45) is 5.92 Å². The van der Waals surface area contributed by atoms with Crippen LogP contribution in [0.15, 0.2) is 18.2 Å². The standard InChI is InChI=1S/C14H22N2/c1-11-13(5-2-6-14(11)15)10-16-9-3-4-12-7-8-12/h2,5-6,12,16H,3-4,7-10,15H2,1H3. The van der Waals surface area contributed by atoms with E-state index in [4.69, 9.17) is 5.73 Å². The molecular weight excluding hydrogens is 196 g/mol. The number of nitrogens with two attached hydrogens (primary N) is 1. The SMILES string of the molecule is Cc1c(N)cccc1CNCCCC1CC1. The molecule has 2 rings (SSSR count). The van der Waals surface area contributed by atoms with Crippen LogP contribution >= 0.6 is 0 Å². The molecule has 0 aliphatic heterocycles. The van der Waals surface area contributed by atoms with Gasteiger partial charge in [-0.3, -0.25) is 0 Å². The summed E-state index contributed by atoms with van der Waals surface area (Å²) in [6.07, 6.45) is 5.65. The Bertz CT molecular complexity index is 343. The van der Waals surface area contributed by atoms with Crippen LogP contribution in [0.1, 0.15) is 36.8 Å². The van der Waals surface area contributed by atoms with E-state index in [-0.39, 0.29) is 0 Å². The molecule has 0 aromatic heterocycles. The van der Waals surface area contributed by atoms with E-state index in [0.29, 0.717) is 0 Å². The second-order valence-electron chi connectivity index (χ2n) is 4.89. The van der Waals surface area contributed by atoms with Gasteiger partial charge in [0.2, 0.25) is 0 Å². The van der Waals surface area contributed by atoms with E-state index in [1.165, 1.54) is 36.8 Å². The maximum absolute atomic E-state index is 5.87. The molecule has 88 valence electrons.